The highest BCUT2D eigenvalue weighted by molar-refractivity contribution is 7.92. The van der Waals surface area contributed by atoms with Crippen LogP contribution < -0.4 is 20.3 Å². The number of aromatic nitrogens is 2. The molecular formula is C25H24N4O5S. The first-order chi connectivity index (χ1) is 16.8. The van der Waals surface area contributed by atoms with Gasteiger partial charge in [0.1, 0.15) is 11.6 Å². The summed E-state index contributed by atoms with van der Waals surface area (Å²) in [5.74, 6) is 0.531. The summed E-state index contributed by atoms with van der Waals surface area (Å²) in [6.07, 6.45) is 0.0111. The van der Waals surface area contributed by atoms with Gasteiger partial charge >= 0.3 is 0 Å². The molecule has 9 nitrogen and oxygen atoms in total. The Balaban J connectivity index is 1.47. The zero-order valence-corrected chi connectivity index (χ0v) is 20.0. The molecule has 0 unspecified atom stereocenters. The van der Waals surface area contributed by atoms with Crippen molar-refractivity contribution in [1.29, 1.82) is 0 Å². The molecule has 2 N–H and O–H groups in total. The topological polar surface area (TPSA) is 119 Å². The summed E-state index contributed by atoms with van der Waals surface area (Å²) in [6, 6.07) is 19.6. The van der Waals surface area contributed by atoms with Crippen LogP contribution in [-0.2, 0) is 21.4 Å². The number of fused-ring (bicyclic) bond motifs is 1. The monoisotopic (exact) mass is 492 g/mol. The largest absolute Gasteiger partial charge is 0.495 e. The van der Waals surface area contributed by atoms with Crippen molar-refractivity contribution < 1.29 is 17.9 Å². The minimum Gasteiger partial charge on any atom is -0.495 e. The molecule has 0 atom stereocenters. The number of hydrogen-bond acceptors (Lipinski definition) is 6. The Morgan fingerprint density at radius 2 is 1.77 bits per heavy atom. The zero-order valence-electron chi connectivity index (χ0n) is 19.2. The van der Waals surface area contributed by atoms with Crippen LogP contribution in [0.4, 0.5) is 11.4 Å². The number of nitrogens with one attached hydrogen (secondary N) is 2. The first kappa shape index (κ1) is 24.0. The Hall–Kier alpha value is -4.18. The van der Waals surface area contributed by atoms with Crippen molar-refractivity contribution in [2.45, 2.75) is 24.8 Å². The number of anilines is 2. The molecular weight excluding hydrogens is 468 g/mol. The van der Waals surface area contributed by atoms with Gasteiger partial charge in [-0.2, -0.15) is 0 Å². The van der Waals surface area contributed by atoms with Crippen molar-refractivity contribution in [2.75, 3.05) is 17.1 Å². The van der Waals surface area contributed by atoms with Crippen LogP contribution in [0.1, 0.15) is 12.2 Å². The van der Waals surface area contributed by atoms with Gasteiger partial charge in [0, 0.05) is 18.7 Å². The standard InChI is InChI=1S/C25H24N4O5S/c1-17-26-21-11-4-3-10-20(21)25(31)29(17)15-14-24(30)27-18-8-7-9-19(16-18)35(32,33)28-22-12-5-6-13-23(22)34-2/h3-13,16,28H,14-15H2,1-2H3,(H,27,30). The lowest BCUT2D eigenvalue weighted by Gasteiger charge is -2.13. The van der Waals surface area contributed by atoms with Crippen LogP contribution in [0.2, 0.25) is 0 Å². The summed E-state index contributed by atoms with van der Waals surface area (Å²) < 4.78 is 34.9. The van der Waals surface area contributed by atoms with Crippen molar-refractivity contribution >= 4 is 38.2 Å². The summed E-state index contributed by atoms with van der Waals surface area (Å²) >= 11 is 0. The molecule has 4 aromatic rings. The third-order valence-electron chi connectivity index (χ3n) is 5.39. The molecule has 0 aliphatic rings. The SMILES string of the molecule is COc1ccccc1NS(=O)(=O)c1cccc(NC(=O)CCn2c(C)nc3ccccc3c2=O)c1. The summed E-state index contributed by atoms with van der Waals surface area (Å²) in [6.45, 7) is 1.86. The molecule has 1 heterocycles. The van der Waals surface area contributed by atoms with E-state index in [2.05, 4.69) is 15.0 Å². The number of ether oxygens (including phenoxy) is 1. The quantitative estimate of drug-likeness (QED) is 0.388. The lowest BCUT2D eigenvalue weighted by molar-refractivity contribution is -0.116. The maximum absolute atomic E-state index is 12.9. The maximum atomic E-state index is 12.9. The fourth-order valence-electron chi connectivity index (χ4n) is 3.65. The molecule has 1 amide bonds. The first-order valence-electron chi connectivity index (χ1n) is 10.8. The summed E-state index contributed by atoms with van der Waals surface area (Å²) in [5.41, 5.74) is 1.01. The minimum atomic E-state index is -3.93. The van der Waals surface area contributed by atoms with Gasteiger partial charge in [0.25, 0.3) is 15.6 Å². The number of nitrogens with zero attached hydrogens (tertiary/aromatic N) is 2. The third kappa shape index (κ3) is 5.33. The molecule has 0 aliphatic carbocycles. The van der Waals surface area contributed by atoms with E-state index < -0.39 is 10.0 Å². The molecule has 0 saturated carbocycles. The number of aryl methyl sites for hydroxylation is 1. The van der Waals surface area contributed by atoms with Gasteiger partial charge in [-0.3, -0.25) is 18.9 Å². The molecule has 0 aliphatic heterocycles. The van der Waals surface area contributed by atoms with Crippen LogP contribution in [-0.4, -0.2) is 31.0 Å². The van der Waals surface area contributed by atoms with Crippen molar-refractivity contribution in [1.82, 2.24) is 9.55 Å². The van der Waals surface area contributed by atoms with Gasteiger partial charge in [-0.25, -0.2) is 13.4 Å². The summed E-state index contributed by atoms with van der Waals surface area (Å²) in [5, 5.41) is 3.18. The van der Waals surface area contributed by atoms with E-state index in [1.54, 1.807) is 55.5 Å². The van der Waals surface area contributed by atoms with Crippen LogP contribution in [0.5, 0.6) is 5.75 Å². The number of rotatable bonds is 8. The van der Waals surface area contributed by atoms with Crippen molar-refractivity contribution in [3.8, 4) is 5.75 Å². The predicted molar refractivity (Wildman–Crippen MR) is 134 cm³/mol. The Kier molecular flexibility index (Phi) is 6.83. The van der Waals surface area contributed by atoms with Gasteiger partial charge < -0.3 is 10.1 Å². The smallest absolute Gasteiger partial charge is 0.262 e. The molecule has 180 valence electrons. The van der Waals surface area contributed by atoms with Gasteiger partial charge in [0.2, 0.25) is 5.91 Å². The number of benzene rings is 3. The van der Waals surface area contributed by atoms with Crippen LogP contribution in [0.25, 0.3) is 10.9 Å². The number of hydrogen-bond donors (Lipinski definition) is 2. The van der Waals surface area contributed by atoms with Crippen LogP contribution in [0.15, 0.2) is 82.5 Å². The molecule has 0 spiro atoms. The van der Waals surface area contributed by atoms with E-state index in [0.29, 0.717) is 33.9 Å². The lowest BCUT2D eigenvalue weighted by atomic mass is 10.2. The molecule has 1 aromatic heterocycles. The molecule has 0 radical (unpaired) electrons. The van der Waals surface area contributed by atoms with Crippen molar-refractivity contribution in [3.05, 3.63) is 89.0 Å². The Morgan fingerprint density at radius 1 is 1.03 bits per heavy atom. The maximum Gasteiger partial charge on any atom is 0.262 e. The molecule has 10 heteroatoms. The Morgan fingerprint density at radius 3 is 2.57 bits per heavy atom. The first-order valence-corrected chi connectivity index (χ1v) is 12.3. The Labute approximate surface area is 202 Å². The van der Waals surface area contributed by atoms with E-state index in [1.165, 1.54) is 29.9 Å². The number of carbonyl (C=O) groups excluding carboxylic acids is 1. The lowest BCUT2D eigenvalue weighted by Crippen LogP contribution is -2.26. The van der Waals surface area contributed by atoms with Crippen LogP contribution in [0.3, 0.4) is 0 Å². The normalized spacial score (nSPS) is 11.3. The van der Waals surface area contributed by atoms with Crippen molar-refractivity contribution in [3.63, 3.8) is 0 Å². The fourth-order valence-corrected chi connectivity index (χ4v) is 4.77. The molecule has 35 heavy (non-hydrogen) atoms. The number of carbonyl (C=O) groups is 1. The second kappa shape index (κ2) is 9.98. The third-order valence-corrected chi connectivity index (χ3v) is 6.76. The van der Waals surface area contributed by atoms with E-state index in [1.807, 2.05) is 6.07 Å². The van der Waals surface area contributed by atoms with Gasteiger partial charge in [-0.05, 0) is 49.4 Å². The van der Waals surface area contributed by atoms with E-state index in [0.717, 1.165) is 0 Å². The minimum absolute atomic E-state index is 0.0111. The molecule has 0 bridgehead atoms. The highest BCUT2D eigenvalue weighted by Crippen LogP contribution is 2.26. The number of methoxy groups -OCH3 is 1. The highest BCUT2D eigenvalue weighted by Gasteiger charge is 2.17. The van der Waals surface area contributed by atoms with Gasteiger partial charge in [0.05, 0.1) is 28.6 Å². The van der Waals surface area contributed by atoms with Crippen LogP contribution in [0, 0.1) is 6.92 Å². The number of amides is 1. The molecule has 0 fully saturated rings. The average molecular weight is 493 g/mol. The van der Waals surface area contributed by atoms with E-state index in [-0.39, 0.29) is 29.3 Å². The summed E-state index contributed by atoms with van der Waals surface area (Å²) in [4.78, 5) is 29.8. The fraction of sp³-hybridized carbons (Fsp3) is 0.160. The second-order valence-corrected chi connectivity index (χ2v) is 9.45. The molecule has 4 rings (SSSR count). The second-order valence-electron chi connectivity index (χ2n) is 7.76. The number of sulfonamides is 1. The van der Waals surface area contributed by atoms with Gasteiger partial charge in [-0.1, -0.05) is 30.3 Å². The van der Waals surface area contributed by atoms with E-state index in [9.17, 15) is 18.0 Å². The van der Waals surface area contributed by atoms with Gasteiger partial charge in [-0.15, -0.1) is 0 Å². The molecule has 3 aromatic carbocycles. The van der Waals surface area contributed by atoms with Crippen LogP contribution >= 0.6 is 0 Å². The number of para-hydroxylation sites is 3. The summed E-state index contributed by atoms with van der Waals surface area (Å²) in [7, 11) is -2.48. The van der Waals surface area contributed by atoms with Crippen molar-refractivity contribution in [2.24, 2.45) is 0 Å². The van der Waals surface area contributed by atoms with E-state index >= 15 is 0 Å². The predicted octanol–water partition coefficient (Wildman–Crippen LogP) is 3.54. The molecule has 0 saturated heterocycles. The van der Waals surface area contributed by atoms with E-state index in [4.69, 9.17) is 4.74 Å². The highest BCUT2D eigenvalue weighted by atomic mass is 32.2. The average Bonchev–Trinajstić information content (AvgIpc) is 2.84. The zero-order chi connectivity index (χ0) is 25.0. The van der Waals surface area contributed by atoms with Gasteiger partial charge in [0.15, 0.2) is 0 Å². The Bertz CT molecular complexity index is 1560.